The number of rotatable bonds is 13. The lowest BCUT2D eigenvalue weighted by molar-refractivity contribution is -0.133. The zero-order valence-corrected chi connectivity index (χ0v) is 27.5. The number of hydrogen-bond acceptors (Lipinski definition) is 6. The van der Waals surface area contributed by atoms with E-state index in [-0.39, 0.29) is 29.8 Å². The zero-order valence-electron chi connectivity index (χ0n) is 26.8. The van der Waals surface area contributed by atoms with E-state index in [1.54, 1.807) is 4.90 Å². The van der Waals surface area contributed by atoms with Gasteiger partial charge in [-0.2, -0.15) is 10.5 Å². The minimum atomic E-state index is -0.201. The van der Waals surface area contributed by atoms with Gasteiger partial charge in [-0.15, -0.1) is 11.6 Å². The lowest BCUT2D eigenvalue weighted by atomic mass is 10.0. The molecule has 244 valence electrons. The lowest BCUT2D eigenvalue weighted by Crippen LogP contribution is -2.54. The third-order valence-corrected chi connectivity index (χ3v) is 8.69. The van der Waals surface area contributed by atoms with Gasteiger partial charge in [0.2, 0.25) is 11.8 Å². The number of nitrogens with zero attached hydrogens (tertiary/aromatic N) is 4. The Morgan fingerprint density at radius 2 is 1.51 bits per heavy atom. The van der Waals surface area contributed by atoms with Crippen LogP contribution in [0.15, 0.2) is 84.9 Å². The van der Waals surface area contributed by atoms with Crippen molar-refractivity contribution in [2.75, 3.05) is 38.6 Å². The van der Waals surface area contributed by atoms with Crippen molar-refractivity contribution >= 4 is 45.0 Å². The maximum atomic E-state index is 12.0. The molecule has 1 aliphatic rings. The molecule has 47 heavy (non-hydrogen) atoms. The van der Waals surface area contributed by atoms with E-state index in [2.05, 4.69) is 78.1 Å². The standard InChI is InChI=1S/C19H22ClN3O.C19H21N3O/c20-13-19(24)23(14-18(22)6-3-10-21)11-9-15-7-8-16-4-1-2-5-17(16)12-15;20-10-3-6-18-14-22(19(23)13-21-18)11-9-15-7-8-16-4-1-2-5-17(16)12-15/h1-2,4-5,7-8,12,18H,3,6,9,11,13-14,22H2;1-2,4-5,7-8,12,18,21H,3,6,9,11,13-14H2. The summed E-state index contributed by atoms with van der Waals surface area (Å²) in [5.41, 5.74) is 8.43. The molecule has 9 heteroatoms. The van der Waals surface area contributed by atoms with Crippen LogP contribution in [0.5, 0.6) is 0 Å². The predicted molar refractivity (Wildman–Crippen MR) is 189 cm³/mol. The van der Waals surface area contributed by atoms with E-state index in [4.69, 9.17) is 27.9 Å². The zero-order chi connectivity index (χ0) is 33.4. The SMILES string of the molecule is N#CCCC(N)CN(CCc1ccc2ccccc2c1)C(=O)CCl.N#CCCC1CN(CCc2ccc3ccccc3c2)C(=O)CN1. The number of benzene rings is 4. The molecule has 4 aromatic rings. The van der Waals surface area contributed by atoms with Crippen molar-refractivity contribution < 1.29 is 9.59 Å². The summed E-state index contributed by atoms with van der Waals surface area (Å²) in [6.07, 6.45) is 3.92. The number of piperazine rings is 1. The maximum absolute atomic E-state index is 12.0. The van der Waals surface area contributed by atoms with E-state index >= 15 is 0 Å². The molecule has 1 aliphatic heterocycles. The van der Waals surface area contributed by atoms with Crippen molar-refractivity contribution in [1.29, 1.82) is 10.5 Å². The number of amides is 2. The fourth-order valence-corrected chi connectivity index (χ4v) is 5.94. The lowest BCUT2D eigenvalue weighted by Gasteiger charge is -2.33. The Labute approximate surface area is 282 Å². The second kappa shape index (κ2) is 18.6. The van der Waals surface area contributed by atoms with Crippen LogP contribution in [0.1, 0.15) is 36.8 Å². The largest absolute Gasteiger partial charge is 0.340 e. The normalized spacial score (nSPS) is 14.9. The fourth-order valence-electron chi connectivity index (χ4n) is 5.77. The minimum Gasteiger partial charge on any atom is -0.340 e. The molecule has 1 saturated heterocycles. The van der Waals surface area contributed by atoms with Gasteiger partial charge in [-0.3, -0.25) is 9.59 Å². The Hall–Kier alpha value is -4.47. The molecule has 0 aromatic heterocycles. The first kappa shape index (κ1) is 35.4. The van der Waals surface area contributed by atoms with E-state index in [1.165, 1.54) is 32.7 Å². The molecule has 1 heterocycles. The molecule has 0 bridgehead atoms. The molecule has 0 spiro atoms. The highest BCUT2D eigenvalue weighted by atomic mass is 35.5. The van der Waals surface area contributed by atoms with Crippen LogP contribution in [0.25, 0.3) is 21.5 Å². The van der Waals surface area contributed by atoms with Gasteiger partial charge >= 0.3 is 0 Å². The van der Waals surface area contributed by atoms with Crippen molar-refractivity contribution in [1.82, 2.24) is 15.1 Å². The average Bonchev–Trinajstić information content (AvgIpc) is 3.11. The van der Waals surface area contributed by atoms with Crippen LogP contribution >= 0.6 is 11.6 Å². The number of alkyl halides is 1. The number of nitriles is 2. The molecular formula is C38H43ClN6O2. The van der Waals surface area contributed by atoms with Crippen molar-refractivity contribution in [3.63, 3.8) is 0 Å². The summed E-state index contributed by atoms with van der Waals surface area (Å²) in [6, 6.07) is 33.6. The topological polar surface area (TPSA) is 126 Å². The van der Waals surface area contributed by atoms with Gasteiger partial charge in [-0.05, 0) is 58.4 Å². The molecule has 2 atom stereocenters. The second-order valence-corrected chi connectivity index (χ2v) is 12.2. The van der Waals surface area contributed by atoms with Crippen molar-refractivity contribution in [3.05, 3.63) is 96.1 Å². The molecule has 0 radical (unpaired) electrons. The summed E-state index contributed by atoms with van der Waals surface area (Å²) in [4.78, 5) is 27.7. The second-order valence-electron chi connectivity index (χ2n) is 11.9. The first-order chi connectivity index (χ1) is 22.9. The molecule has 2 amide bonds. The Bertz CT molecular complexity index is 1710. The summed E-state index contributed by atoms with van der Waals surface area (Å²) in [5, 5.41) is 25.4. The van der Waals surface area contributed by atoms with Crippen LogP contribution in [0.2, 0.25) is 0 Å². The molecule has 3 N–H and O–H groups in total. The first-order valence-electron chi connectivity index (χ1n) is 16.2. The molecule has 2 unspecified atom stereocenters. The first-order valence-corrected chi connectivity index (χ1v) is 16.7. The van der Waals surface area contributed by atoms with Gasteiger partial charge in [-0.25, -0.2) is 0 Å². The van der Waals surface area contributed by atoms with E-state index in [0.29, 0.717) is 45.4 Å². The Kier molecular flexibility index (Phi) is 14.0. The van der Waals surface area contributed by atoms with Crippen molar-refractivity contribution in [2.45, 2.75) is 50.6 Å². The van der Waals surface area contributed by atoms with Gasteiger partial charge in [0.1, 0.15) is 5.88 Å². The monoisotopic (exact) mass is 650 g/mol. The average molecular weight is 651 g/mol. The summed E-state index contributed by atoms with van der Waals surface area (Å²) < 4.78 is 0. The van der Waals surface area contributed by atoms with Gasteiger partial charge in [0.05, 0.1) is 18.7 Å². The van der Waals surface area contributed by atoms with Crippen LogP contribution in [-0.2, 0) is 22.4 Å². The number of hydrogen-bond donors (Lipinski definition) is 2. The van der Waals surface area contributed by atoms with Crippen LogP contribution in [0.4, 0.5) is 0 Å². The van der Waals surface area contributed by atoms with Crippen molar-refractivity contribution in [2.24, 2.45) is 5.73 Å². The molecule has 8 nitrogen and oxygen atoms in total. The smallest absolute Gasteiger partial charge is 0.237 e. The highest BCUT2D eigenvalue weighted by Gasteiger charge is 2.24. The van der Waals surface area contributed by atoms with Gasteiger partial charge in [0, 0.05) is 51.1 Å². The number of carbonyl (C=O) groups is 2. The number of carbonyl (C=O) groups excluding carboxylic acids is 2. The molecule has 0 aliphatic carbocycles. The summed E-state index contributed by atoms with van der Waals surface area (Å²) in [7, 11) is 0. The summed E-state index contributed by atoms with van der Waals surface area (Å²) in [6.45, 7) is 2.83. The minimum absolute atomic E-state index is 0.0529. The number of fused-ring (bicyclic) bond motifs is 2. The molecule has 5 rings (SSSR count). The van der Waals surface area contributed by atoms with Gasteiger partial charge in [0.15, 0.2) is 0 Å². The van der Waals surface area contributed by atoms with Gasteiger partial charge < -0.3 is 20.9 Å². The summed E-state index contributed by atoms with van der Waals surface area (Å²) in [5.74, 6) is -0.0215. The fraction of sp³-hybridized carbons (Fsp3) is 0.368. The van der Waals surface area contributed by atoms with E-state index in [9.17, 15) is 9.59 Å². The number of nitrogens with one attached hydrogen (secondary N) is 1. The Morgan fingerprint density at radius 3 is 2.11 bits per heavy atom. The van der Waals surface area contributed by atoms with Crippen LogP contribution in [-0.4, -0.2) is 72.3 Å². The quantitative estimate of drug-likeness (QED) is 0.182. The highest BCUT2D eigenvalue weighted by Crippen LogP contribution is 2.18. The van der Waals surface area contributed by atoms with E-state index in [0.717, 1.165) is 25.8 Å². The molecule has 4 aromatic carbocycles. The summed E-state index contributed by atoms with van der Waals surface area (Å²) >= 11 is 5.71. The number of halogens is 1. The molecule has 1 fully saturated rings. The molecule has 0 saturated carbocycles. The third-order valence-electron chi connectivity index (χ3n) is 8.46. The van der Waals surface area contributed by atoms with Crippen LogP contribution < -0.4 is 11.1 Å². The molecular weight excluding hydrogens is 608 g/mol. The van der Waals surface area contributed by atoms with Crippen LogP contribution in [0.3, 0.4) is 0 Å². The Morgan fingerprint density at radius 1 is 0.915 bits per heavy atom. The third kappa shape index (κ3) is 11.1. The van der Waals surface area contributed by atoms with E-state index < -0.39 is 0 Å². The number of nitrogens with two attached hydrogens (primary N) is 1. The van der Waals surface area contributed by atoms with Crippen molar-refractivity contribution in [3.8, 4) is 12.1 Å². The predicted octanol–water partition coefficient (Wildman–Crippen LogP) is 5.57. The van der Waals surface area contributed by atoms with Crippen LogP contribution in [0, 0.1) is 22.7 Å². The highest BCUT2D eigenvalue weighted by molar-refractivity contribution is 6.27. The van der Waals surface area contributed by atoms with Gasteiger partial charge in [-0.1, -0.05) is 84.9 Å². The van der Waals surface area contributed by atoms with E-state index in [1.807, 2.05) is 29.2 Å². The van der Waals surface area contributed by atoms with Gasteiger partial charge in [0.25, 0.3) is 0 Å². The Balaban J connectivity index is 0.000000213. The maximum Gasteiger partial charge on any atom is 0.237 e.